The van der Waals surface area contributed by atoms with Gasteiger partial charge in [0.25, 0.3) is 5.91 Å². The van der Waals surface area contributed by atoms with Crippen LogP contribution in [0, 0.1) is 0 Å². The van der Waals surface area contributed by atoms with Gasteiger partial charge >= 0.3 is 0 Å². The highest BCUT2D eigenvalue weighted by Crippen LogP contribution is 2.19. The zero-order valence-electron chi connectivity index (χ0n) is 12.4. The van der Waals surface area contributed by atoms with Crippen molar-refractivity contribution in [2.24, 2.45) is 0 Å². The zero-order chi connectivity index (χ0) is 16.1. The van der Waals surface area contributed by atoms with E-state index in [4.69, 9.17) is 11.6 Å². The first kappa shape index (κ1) is 15.3. The highest BCUT2D eigenvalue weighted by atomic mass is 35.5. The molecule has 0 aliphatic rings. The van der Waals surface area contributed by atoms with Crippen molar-refractivity contribution in [3.05, 3.63) is 95.1 Å². The summed E-state index contributed by atoms with van der Waals surface area (Å²) in [5, 5.41) is 0.649. The number of carbonyl (C=O) groups is 1. The lowest BCUT2D eigenvalue weighted by Gasteiger charge is -2.22. The number of halogens is 1. The van der Waals surface area contributed by atoms with E-state index in [1.54, 1.807) is 23.2 Å². The van der Waals surface area contributed by atoms with E-state index in [1.807, 2.05) is 60.7 Å². The molecular formula is C19H15ClN2O. The zero-order valence-corrected chi connectivity index (χ0v) is 13.1. The second-order valence-corrected chi connectivity index (χ2v) is 5.51. The van der Waals surface area contributed by atoms with Gasteiger partial charge < -0.3 is 0 Å². The number of rotatable bonds is 4. The number of benzene rings is 2. The summed E-state index contributed by atoms with van der Waals surface area (Å²) in [4.78, 5) is 18.9. The summed E-state index contributed by atoms with van der Waals surface area (Å²) >= 11 is 6.05. The summed E-state index contributed by atoms with van der Waals surface area (Å²) in [5.41, 5.74) is 1.58. The van der Waals surface area contributed by atoms with E-state index < -0.39 is 0 Å². The van der Waals surface area contributed by atoms with Gasteiger partial charge in [-0.1, -0.05) is 48.0 Å². The maximum absolute atomic E-state index is 12.9. The number of hydrogen-bond donors (Lipinski definition) is 0. The molecule has 4 heteroatoms. The first-order valence-electron chi connectivity index (χ1n) is 7.26. The molecule has 0 fully saturated rings. The molecule has 0 saturated heterocycles. The second kappa shape index (κ2) is 7.07. The number of pyridine rings is 1. The van der Waals surface area contributed by atoms with Gasteiger partial charge in [-0.3, -0.25) is 9.69 Å². The molecule has 3 aromatic rings. The molecule has 0 unspecified atom stereocenters. The maximum atomic E-state index is 12.9. The SMILES string of the molecule is O=C(c1ccccc1)N(Cc1cccc(Cl)c1)c1ccccn1. The number of aromatic nitrogens is 1. The highest BCUT2D eigenvalue weighted by molar-refractivity contribution is 6.30. The Balaban J connectivity index is 1.96. The minimum atomic E-state index is -0.0933. The Morgan fingerprint density at radius 1 is 0.957 bits per heavy atom. The lowest BCUT2D eigenvalue weighted by molar-refractivity contribution is 0.0984. The average molecular weight is 323 g/mol. The Morgan fingerprint density at radius 2 is 1.74 bits per heavy atom. The fraction of sp³-hybridized carbons (Fsp3) is 0.0526. The summed E-state index contributed by atoms with van der Waals surface area (Å²) in [7, 11) is 0. The molecule has 3 rings (SSSR count). The van der Waals surface area contributed by atoms with Crippen molar-refractivity contribution >= 4 is 23.3 Å². The molecule has 0 spiro atoms. The molecule has 1 heterocycles. The Bertz CT molecular complexity index is 791. The normalized spacial score (nSPS) is 10.3. The largest absolute Gasteiger partial charge is 0.288 e. The molecule has 2 aromatic carbocycles. The van der Waals surface area contributed by atoms with Gasteiger partial charge in [0.2, 0.25) is 0 Å². The third-order valence-electron chi connectivity index (χ3n) is 3.42. The summed E-state index contributed by atoms with van der Waals surface area (Å²) in [6.45, 7) is 0.408. The van der Waals surface area contributed by atoms with E-state index in [9.17, 15) is 4.79 Å². The van der Waals surface area contributed by atoms with Crippen molar-refractivity contribution in [3.8, 4) is 0 Å². The van der Waals surface area contributed by atoms with Crippen molar-refractivity contribution in [3.63, 3.8) is 0 Å². The van der Waals surface area contributed by atoms with E-state index in [2.05, 4.69) is 4.98 Å². The molecule has 3 nitrogen and oxygen atoms in total. The smallest absolute Gasteiger partial charge is 0.259 e. The van der Waals surface area contributed by atoms with E-state index >= 15 is 0 Å². The van der Waals surface area contributed by atoms with Gasteiger partial charge in [-0.25, -0.2) is 4.98 Å². The first-order valence-corrected chi connectivity index (χ1v) is 7.64. The van der Waals surface area contributed by atoms with Crippen LogP contribution >= 0.6 is 11.6 Å². The van der Waals surface area contributed by atoms with E-state index in [1.165, 1.54) is 0 Å². The molecule has 0 aliphatic carbocycles. The van der Waals surface area contributed by atoms with Crippen molar-refractivity contribution in [1.29, 1.82) is 0 Å². The molecule has 0 atom stereocenters. The van der Waals surface area contributed by atoms with Crippen LogP contribution in [-0.4, -0.2) is 10.9 Å². The standard InChI is InChI=1S/C19H15ClN2O/c20-17-10-6-7-15(13-17)14-22(18-11-4-5-12-21-18)19(23)16-8-2-1-3-9-16/h1-13H,14H2. The predicted octanol–water partition coefficient (Wildman–Crippen LogP) is 4.58. The number of anilines is 1. The monoisotopic (exact) mass is 322 g/mol. The van der Waals surface area contributed by atoms with Gasteiger partial charge in [-0.15, -0.1) is 0 Å². The van der Waals surface area contributed by atoms with Crippen molar-refractivity contribution < 1.29 is 4.79 Å². The van der Waals surface area contributed by atoms with Crippen LogP contribution in [0.25, 0.3) is 0 Å². The van der Waals surface area contributed by atoms with Gasteiger partial charge in [0.05, 0.1) is 6.54 Å². The molecule has 0 aliphatic heterocycles. The molecular weight excluding hydrogens is 308 g/mol. The second-order valence-electron chi connectivity index (χ2n) is 5.08. The number of hydrogen-bond acceptors (Lipinski definition) is 2. The minimum absolute atomic E-state index is 0.0933. The summed E-state index contributed by atoms with van der Waals surface area (Å²) in [6, 6.07) is 22.2. The van der Waals surface area contributed by atoms with E-state index in [0.717, 1.165) is 5.56 Å². The first-order chi connectivity index (χ1) is 11.2. The van der Waals surface area contributed by atoms with Crippen molar-refractivity contribution in [1.82, 2.24) is 4.98 Å². The van der Waals surface area contributed by atoms with Crippen LogP contribution in [0.3, 0.4) is 0 Å². The molecule has 0 radical (unpaired) electrons. The lowest BCUT2D eigenvalue weighted by Crippen LogP contribution is -2.31. The molecule has 1 aromatic heterocycles. The molecule has 0 bridgehead atoms. The third kappa shape index (κ3) is 3.76. The van der Waals surface area contributed by atoms with Gasteiger partial charge in [-0.05, 0) is 42.0 Å². The number of amides is 1. The van der Waals surface area contributed by atoms with Gasteiger partial charge in [0.1, 0.15) is 5.82 Å². The quantitative estimate of drug-likeness (QED) is 0.704. The minimum Gasteiger partial charge on any atom is -0.288 e. The van der Waals surface area contributed by atoms with Crippen molar-refractivity contribution in [2.75, 3.05) is 4.90 Å². The Labute approximate surface area is 140 Å². The topological polar surface area (TPSA) is 33.2 Å². The maximum Gasteiger partial charge on any atom is 0.259 e. The highest BCUT2D eigenvalue weighted by Gasteiger charge is 2.18. The fourth-order valence-corrected chi connectivity index (χ4v) is 2.54. The Morgan fingerprint density at radius 3 is 2.43 bits per heavy atom. The van der Waals surface area contributed by atoms with Crippen LogP contribution in [0.1, 0.15) is 15.9 Å². The predicted molar refractivity (Wildman–Crippen MR) is 92.6 cm³/mol. The van der Waals surface area contributed by atoms with E-state index in [-0.39, 0.29) is 5.91 Å². The summed E-state index contributed by atoms with van der Waals surface area (Å²) in [6.07, 6.45) is 1.68. The fourth-order valence-electron chi connectivity index (χ4n) is 2.32. The summed E-state index contributed by atoms with van der Waals surface area (Å²) < 4.78 is 0. The van der Waals surface area contributed by atoms with Gasteiger partial charge in [0.15, 0.2) is 0 Å². The molecule has 1 amide bonds. The van der Waals surface area contributed by atoms with Crippen LogP contribution in [0.15, 0.2) is 79.0 Å². The van der Waals surface area contributed by atoms with Gasteiger partial charge in [-0.2, -0.15) is 0 Å². The molecule has 23 heavy (non-hydrogen) atoms. The molecule has 0 N–H and O–H groups in total. The molecule has 114 valence electrons. The van der Waals surface area contributed by atoms with Crippen LogP contribution in [0.4, 0.5) is 5.82 Å². The average Bonchev–Trinajstić information content (AvgIpc) is 2.61. The van der Waals surface area contributed by atoms with Gasteiger partial charge in [0, 0.05) is 16.8 Å². The number of nitrogens with zero attached hydrogens (tertiary/aromatic N) is 2. The summed E-state index contributed by atoms with van der Waals surface area (Å²) in [5.74, 6) is 0.519. The molecule has 0 saturated carbocycles. The van der Waals surface area contributed by atoms with E-state index in [0.29, 0.717) is 22.9 Å². The Hall–Kier alpha value is -2.65. The van der Waals surface area contributed by atoms with Crippen molar-refractivity contribution in [2.45, 2.75) is 6.54 Å². The van der Waals surface area contributed by atoms with Crippen LogP contribution in [0.2, 0.25) is 5.02 Å². The third-order valence-corrected chi connectivity index (χ3v) is 3.66. The number of carbonyl (C=O) groups excluding carboxylic acids is 1. The van der Waals surface area contributed by atoms with Crippen LogP contribution in [0.5, 0.6) is 0 Å². The Kier molecular flexibility index (Phi) is 4.69. The van der Waals surface area contributed by atoms with Crippen LogP contribution in [-0.2, 0) is 6.54 Å². The van der Waals surface area contributed by atoms with Crippen LogP contribution < -0.4 is 4.90 Å². The lowest BCUT2D eigenvalue weighted by atomic mass is 10.1.